The van der Waals surface area contributed by atoms with E-state index in [1.54, 1.807) is 6.20 Å². The number of benzene rings is 1. The zero-order valence-corrected chi connectivity index (χ0v) is 15.0. The first-order valence-electron chi connectivity index (χ1n) is 9.14. The lowest BCUT2D eigenvalue weighted by Crippen LogP contribution is -2.35. The van der Waals surface area contributed by atoms with Crippen LogP contribution in [0.4, 0.5) is 0 Å². The normalized spacial score (nSPS) is 22.8. The highest BCUT2D eigenvalue weighted by Gasteiger charge is 2.32. The number of aliphatic hydroxyl groups is 1. The zero-order valence-electron chi connectivity index (χ0n) is 15.0. The van der Waals surface area contributed by atoms with Gasteiger partial charge in [-0.15, -0.1) is 0 Å². The van der Waals surface area contributed by atoms with E-state index in [-0.39, 0.29) is 12.1 Å². The number of aryl methyl sites for hydroxylation is 1. The Hall–Kier alpha value is -2.44. The number of hydrogen-bond acceptors (Lipinski definition) is 4. The van der Waals surface area contributed by atoms with Crippen LogP contribution in [0.25, 0.3) is 11.1 Å². The fourth-order valence-corrected chi connectivity index (χ4v) is 3.79. The molecule has 136 valence electrons. The van der Waals surface area contributed by atoms with Gasteiger partial charge in [0.15, 0.2) is 0 Å². The smallest absolute Gasteiger partial charge is 0.0696 e. The van der Waals surface area contributed by atoms with Crippen LogP contribution in [0.1, 0.15) is 18.4 Å². The van der Waals surface area contributed by atoms with Crippen LogP contribution >= 0.6 is 0 Å². The summed E-state index contributed by atoms with van der Waals surface area (Å²) in [6.07, 6.45) is 9.20. The molecule has 0 amide bonds. The molecule has 3 aromatic rings. The maximum absolute atomic E-state index is 10.4. The number of hydrogen-bond donors (Lipinski definition) is 2. The Morgan fingerprint density at radius 1 is 1.15 bits per heavy atom. The van der Waals surface area contributed by atoms with Crippen molar-refractivity contribution < 1.29 is 5.11 Å². The van der Waals surface area contributed by atoms with E-state index < -0.39 is 0 Å². The molecule has 6 heteroatoms. The van der Waals surface area contributed by atoms with Crippen LogP contribution < -0.4 is 5.32 Å². The van der Waals surface area contributed by atoms with E-state index in [1.807, 2.05) is 41.1 Å². The lowest BCUT2D eigenvalue weighted by atomic mass is 10.1. The average Bonchev–Trinajstić information content (AvgIpc) is 3.37. The fourth-order valence-electron chi connectivity index (χ4n) is 3.79. The van der Waals surface area contributed by atoms with Crippen molar-refractivity contribution in [1.29, 1.82) is 0 Å². The summed E-state index contributed by atoms with van der Waals surface area (Å²) in [7, 11) is 1.92. The largest absolute Gasteiger partial charge is 0.391 e. The Labute approximate surface area is 153 Å². The Morgan fingerprint density at radius 3 is 2.69 bits per heavy atom. The number of aliphatic hydroxyl groups excluding tert-OH is 1. The third-order valence-corrected chi connectivity index (χ3v) is 5.19. The Kier molecular flexibility index (Phi) is 4.86. The minimum atomic E-state index is -0.287. The number of rotatable bonds is 6. The van der Waals surface area contributed by atoms with E-state index in [0.29, 0.717) is 5.92 Å². The van der Waals surface area contributed by atoms with E-state index in [9.17, 15) is 5.11 Å². The molecule has 26 heavy (non-hydrogen) atoms. The summed E-state index contributed by atoms with van der Waals surface area (Å²) >= 11 is 0. The molecule has 0 radical (unpaired) electrons. The molecule has 1 fully saturated rings. The average molecular weight is 351 g/mol. The van der Waals surface area contributed by atoms with Gasteiger partial charge in [0.1, 0.15) is 0 Å². The molecule has 2 N–H and O–H groups in total. The third-order valence-electron chi connectivity index (χ3n) is 5.19. The van der Waals surface area contributed by atoms with Gasteiger partial charge in [-0.1, -0.05) is 24.3 Å². The summed E-state index contributed by atoms with van der Waals surface area (Å²) in [5.74, 6) is 0.468. The van der Waals surface area contributed by atoms with Crippen molar-refractivity contribution in [3.8, 4) is 11.1 Å². The molecule has 1 aliphatic rings. The molecule has 1 unspecified atom stereocenters. The first-order chi connectivity index (χ1) is 12.7. The highest BCUT2D eigenvalue weighted by molar-refractivity contribution is 5.61. The molecule has 0 aliphatic heterocycles. The van der Waals surface area contributed by atoms with Crippen molar-refractivity contribution in [1.82, 2.24) is 24.9 Å². The van der Waals surface area contributed by atoms with Crippen LogP contribution in [0.2, 0.25) is 0 Å². The summed E-state index contributed by atoms with van der Waals surface area (Å²) in [5.41, 5.74) is 3.52. The van der Waals surface area contributed by atoms with Gasteiger partial charge in [0, 0.05) is 50.3 Å². The van der Waals surface area contributed by atoms with Crippen molar-refractivity contribution in [3.63, 3.8) is 0 Å². The van der Waals surface area contributed by atoms with E-state index in [4.69, 9.17) is 0 Å². The van der Waals surface area contributed by atoms with Crippen LogP contribution in [0.15, 0.2) is 55.1 Å². The molecule has 1 aliphatic carbocycles. The summed E-state index contributed by atoms with van der Waals surface area (Å²) in [6, 6.07) is 10.6. The monoisotopic (exact) mass is 351 g/mol. The Bertz CT molecular complexity index is 824. The van der Waals surface area contributed by atoms with E-state index >= 15 is 0 Å². The van der Waals surface area contributed by atoms with Crippen LogP contribution in [-0.4, -0.2) is 36.8 Å². The third kappa shape index (κ3) is 3.86. The zero-order chi connectivity index (χ0) is 17.9. The lowest BCUT2D eigenvalue weighted by molar-refractivity contribution is 0.145. The molecule has 2 heterocycles. The highest BCUT2D eigenvalue weighted by Crippen LogP contribution is 2.28. The molecule has 3 atom stereocenters. The van der Waals surface area contributed by atoms with Crippen molar-refractivity contribution in [3.05, 3.63) is 60.7 Å². The maximum atomic E-state index is 10.4. The number of aromatic nitrogens is 4. The van der Waals surface area contributed by atoms with Gasteiger partial charge in [-0.3, -0.25) is 9.36 Å². The standard InChI is InChI=1S/C20H25N5O/c1-24-14-18(12-23-24)17-5-3-15(4-6-17)11-21-19-9-16(10-20(19)26)13-25-8-2-7-22-25/h2-8,12,14,16,19-21,26H,9-11,13H2,1H3/t16?,19-,20-/m1/s1. The van der Waals surface area contributed by atoms with Crippen molar-refractivity contribution >= 4 is 0 Å². The fraction of sp³-hybridized carbons (Fsp3) is 0.400. The van der Waals surface area contributed by atoms with E-state index in [1.165, 1.54) is 11.1 Å². The van der Waals surface area contributed by atoms with Gasteiger partial charge in [0.2, 0.25) is 0 Å². The van der Waals surface area contributed by atoms with Crippen LogP contribution in [0, 0.1) is 5.92 Å². The molecule has 1 aromatic carbocycles. The topological polar surface area (TPSA) is 67.9 Å². The van der Waals surface area contributed by atoms with Gasteiger partial charge in [-0.25, -0.2) is 0 Å². The predicted molar refractivity (Wildman–Crippen MR) is 100 cm³/mol. The van der Waals surface area contributed by atoms with Crippen molar-refractivity contribution in [2.45, 2.75) is 38.1 Å². The van der Waals surface area contributed by atoms with Crippen LogP contribution in [0.3, 0.4) is 0 Å². The molecule has 1 saturated carbocycles. The number of nitrogens with one attached hydrogen (secondary N) is 1. The Balaban J connectivity index is 1.31. The second kappa shape index (κ2) is 7.43. The van der Waals surface area contributed by atoms with Crippen molar-refractivity contribution in [2.24, 2.45) is 13.0 Å². The molecule has 6 nitrogen and oxygen atoms in total. The SMILES string of the molecule is Cn1cc(-c2ccc(CN[C@@H]3CC(Cn4cccn4)C[C@H]3O)cc2)cn1. The molecular formula is C20H25N5O. The van der Waals surface area contributed by atoms with E-state index in [0.717, 1.165) is 31.5 Å². The Morgan fingerprint density at radius 2 is 2.00 bits per heavy atom. The number of nitrogens with zero attached hydrogens (tertiary/aromatic N) is 4. The predicted octanol–water partition coefficient (Wildman–Crippen LogP) is 2.21. The summed E-state index contributed by atoms with van der Waals surface area (Å²) < 4.78 is 3.77. The summed E-state index contributed by atoms with van der Waals surface area (Å²) in [5, 5.41) is 22.4. The highest BCUT2D eigenvalue weighted by atomic mass is 16.3. The minimum Gasteiger partial charge on any atom is -0.391 e. The van der Waals surface area contributed by atoms with Gasteiger partial charge in [-0.2, -0.15) is 10.2 Å². The van der Waals surface area contributed by atoms with Gasteiger partial charge in [0.05, 0.1) is 12.3 Å². The second-order valence-corrected chi connectivity index (χ2v) is 7.22. The van der Waals surface area contributed by atoms with Crippen molar-refractivity contribution in [2.75, 3.05) is 0 Å². The lowest BCUT2D eigenvalue weighted by Gasteiger charge is -2.16. The second-order valence-electron chi connectivity index (χ2n) is 7.22. The molecule has 0 spiro atoms. The first kappa shape index (κ1) is 17.0. The van der Waals surface area contributed by atoms with E-state index in [2.05, 4.69) is 39.8 Å². The quantitative estimate of drug-likeness (QED) is 0.714. The van der Waals surface area contributed by atoms with Crippen LogP contribution in [0.5, 0.6) is 0 Å². The molecule has 0 saturated heterocycles. The minimum absolute atomic E-state index is 0.147. The molecule has 4 rings (SSSR count). The van der Waals surface area contributed by atoms with Crippen LogP contribution in [-0.2, 0) is 20.1 Å². The summed E-state index contributed by atoms with van der Waals surface area (Å²) in [6.45, 7) is 1.64. The molecular weight excluding hydrogens is 326 g/mol. The summed E-state index contributed by atoms with van der Waals surface area (Å²) in [4.78, 5) is 0. The van der Waals surface area contributed by atoms with Gasteiger partial charge < -0.3 is 10.4 Å². The molecule has 0 bridgehead atoms. The first-order valence-corrected chi connectivity index (χ1v) is 9.14. The van der Waals surface area contributed by atoms with Gasteiger partial charge in [-0.05, 0) is 36.0 Å². The maximum Gasteiger partial charge on any atom is 0.0696 e. The molecule has 2 aromatic heterocycles. The van der Waals surface area contributed by atoms with Gasteiger partial charge in [0.25, 0.3) is 0 Å². The van der Waals surface area contributed by atoms with Gasteiger partial charge >= 0.3 is 0 Å².